The van der Waals surface area contributed by atoms with Gasteiger partial charge in [-0.15, -0.1) is 0 Å². The predicted molar refractivity (Wildman–Crippen MR) is 89.3 cm³/mol. The summed E-state index contributed by atoms with van der Waals surface area (Å²) in [4.78, 5) is 35.4. The Morgan fingerprint density at radius 1 is 1.12 bits per heavy atom. The molecule has 2 heterocycles. The molecule has 1 unspecified atom stereocenters. The maximum absolute atomic E-state index is 12.0. The first-order valence-electron chi connectivity index (χ1n) is 7.41. The molecular formula is C16H15N3O5S. The summed E-state index contributed by atoms with van der Waals surface area (Å²) in [6.45, 7) is -0.229. The third-order valence-electron chi connectivity index (χ3n) is 3.32. The van der Waals surface area contributed by atoms with Crippen molar-refractivity contribution in [1.82, 2.24) is 16.2 Å². The molecule has 2 aromatic rings. The Morgan fingerprint density at radius 3 is 2.68 bits per heavy atom. The van der Waals surface area contributed by atoms with Gasteiger partial charge in [0.1, 0.15) is 6.61 Å². The summed E-state index contributed by atoms with van der Waals surface area (Å²) in [6.07, 6.45) is -0.879. The van der Waals surface area contributed by atoms with E-state index in [-0.39, 0.29) is 19.1 Å². The normalized spacial score (nSPS) is 15.1. The number of rotatable bonds is 4. The van der Waals surface area contributed by atoms with Crippen molar-refractivity contribution in [1.29, 1.82) is 0 Å². The highest BCUT2D eigenvalue weighted by Crippen LogP contribution is 2.30. The van der Waals surface area contributed by atoms with Crippen LogP contribution in [0, 0.1) is 0 Å². The van der Waals surface area contributed by atoms with Gasteiger partial charge in [-0.1, -0.05) is 12.1 Å². The molecule has 0 spiro atoms. The smallest absolute Gasteiger partial charge is 0.283 e. The number of nitrogens with one attached hydrogen (secondary N) is 3. The van der Waals surface area contributed by atoms with Gasteiger partial charge in [-0.25, -0.2) is 0 Å². The fraction of sp³-hybridized carbons (Fsp3) is 0.188. The lowest BCUT2D eigenvalue weighted by atomic mass is 10.2. The minimum Gasteiger partial charge on any atom is -0.485 e. The summed E-state index contributed by atoms with van der Waals surface area (Å²) in [5.74, 6) is -0.445. The largest absolute Gasteiger partial charge is 0.485 e. The van der Waals surface area contributed by atoms with Gasteiger partial charge < -0.3 is 14.8 Å². The summed E-state index contributed by atoms with van der Waals surface area (Å²) in [7, 11) is 0. The first-order chi connectivity index (χ1) is 12.1. The Balaban J connectivity index is 1.42. The number of thiophene rings is 1. The molecular weight excluding hydrogens is 346 g/mol. The second-order valence-corrected chi connectivity index (χ2v) is 5.88. The summed E-state index contributed by atoms with van der Waals surface area (Å²) in [5.41, 5.74) is 4.95. The molecule has 8 nitrogen and oxygen atoms in total. The lowest BCUT2D eigenvalue weighted by Gasteiger charge is -2.25. The Labute approximate surface area is 147 Å². The number of fused-ring (bicyclic) bond motifs is 1. The predicted octanol–water partition coefficient (Wildman–Crippen LogP) is 0.465. The highest BCUT2D eigenvalue weighted by molar-refractivity contribution is 7.08. The molecule has 0 aliphatic carbocycles. The molecule has 1 aromatic heterocycles. The first kappa shape index (κ1) is 16.8. The fourth-order valence-electron chi connectivity index (χ4n) is 2.06. The van der Waals surface area contributed by atoms with Crippen LogP contribution in [0.3, 0.4) is 0 Å². The molecule has 0 bridgehead atoms. The molecule has 9 heteroatoms. The van der Waals surface area contributed by atoms with Crippen LogP contribution in [0.1, 0.15) is 10.4 Å². The summed E-state index contributed by atoms with van der Waals surface area (Å²) in [6, 6.07) is 8.64. The second-order valence-electron chi connectivity index (χ2n) is 5.10. The quantitative estimate of drug-likeness (QED) is 0.687. The van der Waals surface area contributed by atoms with Gasteiger partial charge >= 0.3 is 0 Å². The minimum atomic E-state index is -0.879. The van der Waals surface area contributed by atoms with Crippen molar-refractivity contribution >= 4 is 29.1 Å². The van der Waals surface area contributed by atoms with Gasteiger partial charge in [-0.3, -0.25) is 25.2 Å². The van der Waals surface area contributed by atoms with Crippen molar-refractivity contribution in [3.63, 3.8) is 0 Å². The molecule has 1 aliphatic rings. The highest BCUT2D eigenvalue weighted by Gasteiger charge is 2.27. The van der Waals surface area contributed by atoms with Crippen LogP contribution in [0.4, 0.5) is 0 Å². The van der Waals surface area contributed by atoms with Crippen molar-refractivity contribution in [2.24, 2.45) is 0 Å². The van der Waals surface area contributed by atoms with Gasteiger partial charge in [-0.2, -0.15) is 11.3 Å². The monoisotopic (exact) mass is 361 g/mol. The third kappa shape index (κ3) is 4.27. The van der Waals surface area contributed by atoms with Gasteiger partial charge in [0.15, 0.2) is 11.5 Å². The molecule has 1 aromatic carbocycles. The van der Waals surface area contributed by atoms with E-state index >= 15 is 0 Å². The Kier molecular flexibility index (Phi) is 5.14. The maximum atomic E-state index is 12.0. The van der Waals surface area contributed by atoms with Gasteiger partial charge in [0.25, 0.3) is 17.7 Å². The average molecular weight is 361 g/mol. The molecule has 0 saturated heterocycles. The number of hydrogen-bond donors (Lipinski definition) is 3. The molecule has 130 valence electrons. The van der Waals surface area contributed by atoms with Crippen LogP contribution in [0.5, 0.6) is 11.5 Å². The number of hydrogen-bond acceptors (Lipinski definition) is 6. The van der Waals surface area contributed by atoms with E-state index in [1.54, 1.807) is 41.1 Å². The lowest BCUT2D eigenvalue weighted by Crippen LogP contribution is -2.52. The summed E-state index contributed by atoms with van der Waals surface area (Å²) in [5, 5.41) is 5.89. The van der Waals surface area contributed by atoms with Crippen LogP contribution in [-0.2, 0) is 9.59 Å². The third-order valence-corrected chi connectivity index (χ3v) is 4.00. The van der Waals surface area contributed by atoms with Crippen LogP contribution >= 0.6 is 11.3 Å². The lowest BCUT2D eigenvalue weighted by molar-refractivity contribution is -0.134. The van der Waals surface area contributed by atoms with Crippen LogP contribution in [0.25, 0.3) is 0 Å². The van der Waals surface area contributed by atoms with Crippen molar-refractivity contribution < 1.29 is 23.9 Å². The van der Waals surface area contributed by atoms with Gasteiger partial charge in [0.05, 0.1) is 6.54 Å². The average Bonchev–Trinajstić information content (AvgIpc) is 3.18. The number of ether oxygens (including phenoxy) is 2. The number of benzene rings is 1. The zero-order valence-electron chi connectivity index (χ0n) is 13.0. The van der Waals surface area contributed by atoms with E-state index < -0.39 is 17.9 Å². The van der Waals surface area contributed by atoms with Crippen molar-refractivity contribution in [3.8, 4) is 11.5 Å². The second kappa shape index (κ2) is 7.67. The van der Waals surface area contributed by atoms with Crippen LogP contribution < -0.4 is 25.6 Å². The minimum absolute atomic E-state index is 0.0353. The highest BCUT2D eigenvalue weighted by atomic mass is 32.1. The number of hydrazine groups is 1. The zero-order valence-corrected chi connectivity index (χ0v) is 13.8. The van der Waals surface area contributed by atoms with E-state index in [4.69, 9.17) is 9.47 Å². The van der Waals surface area contributed by atoms with E-state index in [0.29, 0.717) is 17.1 Å². The Bertz CT molecular complexity index is 778. The number of amides is 3. The van der Waals surface area contributed by atoms with Crippen molar-refractivity contribution in [3.05, 3.63) is 46.7 Å². The first-order valence-corrected chi connectivity index (χ1v) is 8.35. The Morgan fingerprint density at radius 2 is 1.92 bits per heavy atom. The standard InChI is InChI=1S/C16H15N3O5S/c20-14(7-17-15(21)10-5-6-25-9-10)18-19-16(22)13-8-23-11-3-1-2-4-12(11)24-13/h1-6,9,13H,7-8H2,(H,17,21)(H,18,20)(H,19,22). The topological polar surface area (TPSA) is 106 Å². The molecule has 3 rings (SSSR count). The maximum Gasteiger partial charge on any atom is 0.283 e. The molecule has 1 atom stereocenters. The molecule has 1 aliphatic heterocycles. The zero-order chi connectivity index (χ0) is 17.6. The van der Waals surface area contributed by atoms with Gasteiger partial charge in [0.2, 0.25) is 6.10 Å². The fourth-order valence-corrected chi connectivity index (χ4v) is 2.70. The van der Waals surface area contributed by atoms with E-state index in [2.05, 4.69) is 16.2 Å². The van der Waals surface area contributed by atoms with Crippen LogP contribution in [0.15, 0.2) is 41.1 Å². The summed E-state index contributed by atoms with van der Waals surface area (Å²) < 4.78 is 10.9. The van der Waals surface area contributed by atoms with E-state index in [1.807, 2.05) is 0 Å². The molecule has 0 radical (unpaired) electrons. The molecule has 3 N–H and O–H groups in total. The van der Waals surface area contributed by atoms with Gasteiger partial charge in [0, 0.05) is 10.9 Å². The SMILES string of the molecule is O=C(CNC(=O)c1ccsc1)NNC(=O)C1COc2ccccc2O1. The summed E-state index contributed by atoms with van der Waals surface area (Å²) >= 11 is 1.38. The van der Waals surface area contributed by atoms with E-state index in [1.165, 1.54) is 11.3 Å². The Hall–Kier alpha value is -3.07. The van der Waals surface area contributed by atoms with E-state index in [9.17, 15) is 14.4 Å². The van der Waals surface area contributed by atoms with Gasteiger partial charge in [-0.05, 0) is 23.6 Å². The number of para-hydroxylation sites is 2. The van der Waals surface area contributed by atoms with Crippen LogP contribution in [-0.4, -0.2) is 37.0 Å². The van der Waals surface area contributed by atoms with E-state index in [0.717, 1.165) is 0 Å². The number of carbonyl (C=O) groups is 3. The van der Waals surface area contributed by atoms with Crippen molar-refractivity contribution in [2.45, 2.75) is 6.10 Å². The number of carbonyl (C=O) groups excluding carboxylic acids is 3. The molecule has 25 heavy (non-hydrogen) atoms. The van der Waals surface area contributed by atoms with Crippen LogP contribution in [0.2, 0.25) is 0 Å². The van der Waals surface area contributed by atoms with Crippen molar-refractivity contribution in [2.75, 3.05) is 13.2 Å². The molecule has 3 amide bonds. The molecule has 0 saturated carbocycles. The molecule has 0 fully saturated rings.